The minimum absolute atomic E-state index is 0.00359. The van der Waals surface area contributed by atoms with Crippen LogP contribution in [0.25, 0.3) is 0 Å². The first-order valence-electron chi connectivity index (χ1n) is 5.62. The van der Waals surface area contributed by atoms with Crippen molar-refractivity contribution in [1.29, 1.82) is 0 Å². The summed E-state index contributed by atoms with van der Waals surface area (Å²) in [6, 6.07) is 3.84. The van der Waals surface area contributed by atoms with Gasteiger partial charge in [0.05, 0.1) is 12.7 Å². The van der Waals surface area contributed by atoms with Gasteiger partial charge in [0.15, 0.2) is 0 Å². The molecule has 1 aromatic heterocycles. The lowest BCUT2D eigenvalue weighted by molar-refractivity contribution is -0.139. The average Bonchev–Trinajstić information content (AvgIpc) is 2.39. The number of nitrogens with two attached hydrogens (primary N) is 1. The second kappa shape index (κ2) is 5.43. The van der Waals surface area contributed by atoms with E-state index >= 15 is 0 Å². The maximum absolute atomic E-state index is 13.2. The van der Waals surface area contributed by atoms with Crippen molar-refractivity contribution in [2.45, 2.75) is 6.18 Å². The van der Waals surface area contributed by atoms with E-state index < -0.39 is 17.6 Å². The summed E-state index contributed by atoms with van der Waals surface area (Å²) in [6.07, 6.45) is -4.79. The number of aromatic nitrogens is 2. The van der Waals surface area contributed by atoms with Gasteiger partial charge in [-0.2, -0.15) is 23.1 Å². The summed E-state index contributed by atoms with van der Waals surface area (Å²) in [5, 5.41) is 2.58. The highest BCUT2D eigenvalue weighted by molar-refractivity contribution is 5.59. The van der Waals surface area contributed by atoms with E-state index in [-0.39, 0.29) is 23.3 Å². The van der Waals surface area contributed by atoms with Crippen LogP contribution in [0, 0.1) is 5.82 Å². The Morgan fingerprint density at radius 2 is 1.90 bits per heavy atom. The third-order valence-electron chi connectivity index (χ3n) is 2.47. The predicted molar refractivity (Wildman–Crippen MR) is 67.7 cm³/mol. The highest BCUT2D eigenvalue weighted by atomic mass is 19.4. The number of rotatable bonds is 3. The highest BCUT2D eigenvalue weighted by Gasteiger charge is 2.34. The number of halogens is 4. The summed E-state index contributed by atoms with van der Waals surface area (Å²) >= 11 is 0. The lowest BCUT2D eigenvalue weighted by Crippen LogP contribution is -2.09. The molecule has 2 rings (SSSR count). The summed E-state index contributed by atoms with van der Waals surface area (Å²) in [5.74, 6) is -1.20. The fraction of sp³-hybridized carbons (Fsp3) is 0.167. The molecule has 1 heterocycles. The second-order valence-electron chi connectivity index (χ2n) is 3.97. The minimum Gasteiger partial charge on any atom is -0.481 e. The van der Waals surface area contributed by atoms with E-state index in [1.807, 2.05) is 0 Å². The lowest BCUT2D eigenvalue weighted by atomic mass is 10.2. The molecule has 0 fully saturated rings. The number of ether oxygens (including phenoxy) is 1. The summed E-state index contributed by atoms with van der Waals surface area (Å²) < 4.78 is 55.9. The third-order valence-corrected chi connectivity index (χ3v) is 2.47. The highest BCUT2D eigenvalue weighted by Crippen LogP contribution is 2.33. The van der Waals surface area contributed by atoms with Gasteiger partial charge in [0.1, 0.15) is 11.6 Å². The van der Waals surface area contributed by atoms with Crippen molar-refractivity contribution >= 4 is 17.5 Å². The van der Waals surface area contributed by atoms with E-state index in [4.69, 9.17) is 10.5 Å². The van der Waals surface area contributed by atoms with E-state index in [1.54, 1.807) is 0 Å². The Kier molecular flexibility index (Phi) is 3.83. The zero-order valence-corrected chi connectivity index (χ0v) is 10.7. The molecule has 2 aromatic rings. The minimum atomic E-state index is -4.79. The monoisotopic (exact) mass is 302 g/mol. The Morgan fingerprint density at radius 3 is 2.52 bits per heavy atom. The van der Waals surface area contributed by atoms with E-state index in [1.165, 1.54) is 13.2 Å². The molecule has 112 valence electrons. The van der Waals surface area contributed by atoms with E-state index in [0.717, 1.165) is 6.07 Å². The van der Waals surface area contributed by atoms with Crippen molar-refractivity contribution in [2.24, 2.45) is 0 Å². The molecule has 0 aliphatic rings. The van der Waals surface area contributed by atoms with Crippen molar-refractivity contribution in [1.82, 2.24) is 9.97 Å². The summed E-state index contributed by atoms with van der Waals surface area (Å²) in [5.41, 5.74) is 4.06. The maximum atomic E-state index is 13.2. The largest absolute Gasteiger partial charge is 0.481 e. The molecule has 0 aliphatic carbocycles. The van der Waals surface area contributed by atoms with Crippen LogP contribution in [0.2, 0.25) is 0 Å². The Bertz CT molecular complexity index is 660. The van der Waals surface area contributed by atoms with Crippen LogP contribution in [-0.2, 0) is 6.18 Å². The van der Waals surface area contributed by atoms with Crippen molar-refractivity contribution in [2.75, 3.05) is 18.2 Å². The van der Waals surface area contributed by atoms with Gasteiger partial charge < -0.3 is 15.8 Å². The van der Waals surface area contributed by atoms with Crippen LogP contribution in [0.1, 0.15) is 5.56 Å². The molecular formula is C12H10F4N4O. The topological polar surface area (TPSA) is 73.1 Å². The Morgan fingerprint density at radius 1 is 1.19 bits per heavy atom. The molecule has 0 saturated heterocycles. The molecule has 0 unspecified atom stereocenters. The number of hydrogen-bond acceptors (Lipinski definition) is 5. The van der Waals surface area contributed by atoms with E-state index in [2.05, 4.69) is 15.3 Å². The molecule has 0 amide bonds. The van der Waals surface area contributed by atoms with Crippen LogP contribution in [0.5, 0.6) is 5.88 Å². The van der Waals surface area contributed by atoms with Gasteiger partial charge in [-0.1, -0.05) is 0 Å². The molecule has 0 atom stereocenters. The number of benzene rings is 1. The molecule has 1 aromatic carbocycles. The zero-order valence-electron chi connectivity index (χ0n) is 10.7. The smallest absolute Gasteiger partial charge is 0.419 e. The quantitative estimate of drug-likeness (QED) is 0.853. The molecule has 0 bridgehead atoms. The van der Waals surface area contributed by atoms with Crippen LogP contribution < -0.4 is 15.8 Å². The molecule has 0 saturated carbocycles. The third kappa shape index (κ3) is 3.50. The van der Waals surface area contributed by atoms with Gasteiger partial charge in [-0.05, 0) is 18.2 Å². The fourth-order valence-electron chi connectivity index (χ4n) is 1.58. The van der Waals surface area contributed by atoms with Gasteiger partial charge in [0, 0.05) is 11.8 Å². The maximum Gasteiger partial charge on any atom is 0.419 e. The first-order chi connectivity index (χ1) is 9.79. The molecule has 9 heteroatoms. The van der Waals surface area contributed by atoms with Crippen molar-refractivity contribution in [3.05, 3.63) is 35.6 Å². The molecule has 0 spiro atoms. The zero-order chi connectivity index (χ0) is 15.6. The van der Waals surface area contributed by atoms with Gasteiger partial charge in [0.2, 0.25) is 11.8 Å². The Balaban J connectivity index is 2.34. The summed E-state index contributed by atoms with van der Waals surface area (Å²) in [4.78, 5) is 7.52. The number of nitrogens with one attached hydrogen (secondary N) is 1. The average molecular weight is 302 g/mol. The SMILES string of the molecule is COc1cc(Nc2ccc(F)c(C(F)(F)F)c2)nc(N)n1. The number of nitrogens with zero attached hydrogens (tertiary/aromatic N) is 2. The number of nitrogen functional groups attached to an aromatic ring is 1. The molecule has 21 heavy (non-hydrogen) atoms. The van der Waals surface area contributed by atoms with Gasteiger partial charge >= 0.3 is 6.18 Å². The van der Waals surface area contributed by atoms with Crippen LogP contribution in [-0.4, -0.2) is 17.1 Å². The molecule has 3 N–H and O–H groups in total. The lowest BCUT2D eigenvalue weighted by Gasteiger charge is -2.12. The molecular weight excluding hydrogens is 292 g/mol. The van der Waals surface area contributed by atoms with Crippen molar-refractivity contribution in [3.63, 3.8) is 0 Å². The van der Waals surface area contributed by atoms with Crippen LogP contribution in [0.15, 0.2) is 24.3 Å². The molecule has 0 aliphatic heterocycles. The van der Waals surface area contributed by atoms with Crippen molar-refractivity contribution in [3.8, 4) is 5.88 Å². The molecule has 5 nitrogen and oxygen atoms in total. The van der Waals surface area contributed by atoms with E-state index in [0.29, 0.717) is 12.1 Å². The van der Waals surface area contributed by atoms with Gasteiger partial charge in [0.25, 0.3) is 0 Å². The Labute approximate surface area is 116 Å². The normalized spacial score (nSPS) is 11.3. The number of alkyl halides is 3. The molecule has 0 radical (unpaired) electrons. The standard InChI is InChI=1S/C12H10F4N4O/c1-21-10-5-9(19-11(17)20-10)18-6-2-3-8(13)7(4-6)12(14,15)16/h2-5H,1H3,(H3,17,18,19,20). The van der Waals surface area contributed by atoms with Crippen LogP contribution in [0.3, 0.4) is 0 Å². The first-order valence-corrected chi connectivity index (χ1v) is 5.62. The van der Waals surface area contributed by atoms with E-state index in [9.17, 15) is 17.6 Å². The van der Waals surface area contributed by atoms with Crippen LogP contribution >= 0.6 is 0 Å². The predicted octanol–water partition coefficient (Wildman–Crippen LogP) is 2.97. The second-order valence-corrected chi connectivity index (χ2v) is 3.97. The number of methoxy groups -OCH3 is 1. The van der Waals surface area contributed by atoms with Gasteiger partial charge in [-0.25, -0.2) is 4.39 Å². The van der Waals surface area contributed by atoms with Gasteiger partial charge in [-0.15, -0.1) is 0 Å². The van der Waals surface area contributed by atoms with Crippen LogP contribution in [0.4, 0.5) is 35.0 Å². The summed E-state index contributed by atoms with van der Waals surface area (Å²) in [7, 11) is 1.35. The number of hydrogen-bond donors (Lipinski definition) is 2. The number of anilines is 3. The van der Waals surface area contributed by atoms with Crippen molar-refractivity contribution < 1.29 is 22.3 Å². The Hall–Kier alpha value is -2.58. The first kappa shape index (κ1) is 14.8. The van der Waals surface area contributed by atoms with Gasteiger partial charge in [-0.3, -0.25) is 0 Å². The fourth-order valence-corrected chi connectivity index (χ4v) is 1.58. The summed E-state index contributed by atoms with van der Waals surface area (Å²) in [6.45, 7) is 0.